The fourth-order valence-electron chi connectivity index (χ4n) is 3.00. The number of carbonyl (C=O) groups is 3. The lowest BCUT2D eigenvalue weighted by molar-refractivity contribution is -0.145. The molecule has 0 radical (unpaired) electrons. The van der Waals surface area contributed by atoms with E-state index in [1.54, 1.807) is 25.3 Å². The van der Waals surface area contributed by atoms with Crippen molar-refractivity contribution in [2.75, 3.05) is 20.7 Å². The topological polar surface area (TPSA) is 95.9 Å². The first-order chi connectivity index (χ1) is 11.5. The zero-order valence-electron chi connectivity index (χ0n) is 13.8. The number of piperidine rings is 1. The molecular formula is C17H22N2O5. The van der Waals surface area contributed by atoms with Crippen molar-refractivity contribution in [3.05, 3.63) is 35.4 Å². The van der Waals surface area contributed by atoms with E-state index in [-0.39, 0.29) is 24.8 Å². The van der Waals surface area contributed by atoms with Gasteiger partial charge in [-0.1, -0.05) is 12.1 Å². The number of aliphatic carboxylic acids is 1. The van der Waals surface area contributed by atoms with Gasteiger partial charge in [0.2, 0.25) is 5.91 Å². The molecule has 0 aromatic heterocycles. The molecule has 2 amide bonds. The summed E-state index contributed by atoms with van der Waals surface area (Å²) in [6.07, 6.45) is 0.709. The van der Waals surface area contributed by atoms with Gasteiger partial charge in [0.1, 0.15) is 6.04 Å². The van der Waals surface area contributed by atoms with Gasteiger partial charge in [-0.05, 0) is 30.5 Å². The predicted molar refractivity (Wildman–Crippen MR) is 86.4 cm³/mol. The highest BCUT2D eigenvalue weighted by Gasteiger charge is 2.38. The second-order valence-corrected chi connectivity index (χ2v) is 5.83. The molecule has 0 bridgehead atoms. The average molecular weight is 334 g/mol. The van der Waals surface area contributed by atoms with Gasteiger partial charge in [0.15, 0.2) is 0 Å². The summed E-state index contributed by atoms with van der Waals surface area (Å²) in [5.74, 6) is -2.00. The smallest absolute Gasteiger partial charge is 0.326 e. The lowest BCUT2D eigenvalue weighted by atomic mass is 9.91. The second-order valence-electron chi connectivity index (χ2n) is 5.83. The standard InChI is InChI=1S/C17H22N2O5/c1-18-15(20)13-6-7-14(17(22)23)19(9-13)16(21)12-5-3-4-11(8-12)10-24-2/h3-5,8,13-14H,6-7,9-10H2,1-2H3,(H,18,20)(H,22,23)/t13-,14-/m0/s1. The van der Waals surface area contributed by atoms with Gasteiger partial charge in [-0.3, -0.25) is 9.59 Å². The first kappa shape index (κ1) is 17.9. The lowest BCUT2D eigenvalue weighted by Gasteiger charge is -2.36. The number of rotatable bonds is 5. The Morgan fingerprint density at radius 2 is 2.08 bits per heavy atom. The van der Waals surface area contributed by atoms with Crippen molar-refractivity contribution in [3.63, 3.8) is 0 Å². The SMILES string of the molecule is CNC(=O)[C@H]1CC[C@@H](C(=O)O)N(C(=O)c2cccc(COC)c2)C1. The van der Waals surface area contributed by atoms with Gasteiger partial charge in [0.25, 0.3) is 5.91 Å². The normalized spacial score (nSPS) is 20.5. The number of amides is 2. The zero-order chi connectivity index (χ0) is 17.7. The first-order valence-corrected chi connectivity index (χ1v) is 7.81. The Balaban J connectivity index is 2.26. The van der Waals surface area contributed by atoms with Gasteiger partial charge in [-0.15, -0.1) is 0 Å². The minimum Gasteiger partial charge on any atom is -0.480 e. The molecule has 1 heterocycles. The molecule has 1 aromatic carbocycles. The van der Waals surface area contributed by atoms with E-state index < -0.39 is 17.9 Å². The van der Waals surface area contributed by atoms with Crippen LogP contribution in [0.4, 0.5) is 0 Å². The molecule has 0 aliphatic carbocycles. The fourth-order valence-corrected chi connectivity index (χ4v) is 3.00. The summed E-state index contributed by atoms with van der Waals surface area (Å²) in [4.78, 5) is 37.5. The first-order valence-electron chi connectivity index (χ1n) is 7.81. The molecule has 1 saturated heterocycles. The maximum atomic E-state index is 12.8. The van der Waals surface area contributed by atoms with Gasteiger partial charge in [0, 0.05) is 26.3 Å². The molecule has 7 nitrogen and oxygen atoms in total. The number of benzene rings is 1. The number of ether oxygens (including phenoxy) is 1. The van der Waals surface area contributed by atoms with Crippen LogP contribution in [0.2, 0.25) is 0 Å². The molecule has 1 aliphatic heterocycles. The van der Waals surface area contributed by atoms with Crippen molar-refractivity contribution in [1.29, 1.82) is 0 Å². The van der Waals surface area contributed by atoms with Gasteiger partial charge in [-0.2, -0.15) is 0 Å². The molecule has 0 unspecified atom stereocenters. The molecule has 130 valence electrons. The lowest BCUT2D eigenvalue weighted by Crippen LogP contribution is -2.53. The third-order valence-corrected chi connectivity index (χ3v) is 4.23. The summed E-state index contributed by atoms with van der Waals surface area (Å²) in [5.41, 5.74) is 1.23. The minimum absolute atomic E-state index is 0.101. The van der Waals surface area contributed by atoms with Gasteiger partial charge in [-0.25, -0.2) is 4.79 Å². The molecule has 0 saturated carbocycles. The van der Waals surface area contributed by atoms with Crippen LogP contribution in [0.15, 0.2) is 24.3 Å². The number of nitrogens with one attached hydrogen (secondary N) is 1. The van der Waals surface area contributed by atoms with E-state index in [4.69, 9.17) is 4.74 Å². The van der Waals surface area contributed by atoms with Crippen LogP contribution in [0.1, 0.15) is 28.8 Å². The Morgan fingerprint density at radius 1 is 1.33 bits per heavy atom. The molecule has 24 heavy (non-hydrogen) atoms. The maximum Gasteiger partial charge on any atom is 0.326 e. The summed E-state index contributed by atoms with van der Waals surface area (Å²) in [7, 11) is 3.10. The number of methoxy groups -OCH3 is 1. The van der Waals surface area contributed by atoms with Crippen molar-refractivity contribution in [2.24, 2.45) is 5.92 Å². The number of hydrogen-bond acceptors (Lipinski definition) is 4. The molecule has 2 atom stereocenters. The van der Waals surface area contributed by atoms with Gasteiger partial charge >= 0.3 is 5.97 Å². The molecule has 2 rings (SSSR count). The quantitative estimate of drug-likeness (QED) is 0.833. The second kappa shape index (κ2) is 7.92. The van der Waals surface area contributed by atoms with Crippen LogP contribution < -0.4 is 5.32 Å². The molecule has 0 spiro atoms. The highest BCUT2D eigenvalue weighted by atomic mass is 16.5. The predicted octanol–water partition coefficient (Wildman–Crippen LogP) is 0.884. The third kappa shape index (κ3) is 3.91. The molecule has 2 N–H and O–H groups in total. The summed E-state index contributed by atoms with van der Waals surface area (Å²) in [5, 5.41) is 12.0. The highest BCUT2D eigenvalue weighted by molar-refractivity contribution is 5.97. The maximum absolute atomic E-state index is 12.8. The third-order valence-electron chi connectivity index (χ3n) is 4.23. The van der Waals surface area contributed by atoms with Crippen molar-refractivity contribution >= 4 is 17.8 Å². The largest absolute Gasteiger partial charge is 0.480 e. The Kier molecular flexibility index (Phi) is 5.92. The monoisotopic (exact) mass is 334 g/mol. The van der Waals surface area contributed by atoms with Crippen molar-refractivity contribution in [3.8, 4) is 0 Å². The van der Waals surface area contributed by atoms with Crippen LogP contribution in [-0.2, 0) is 20.9 Å². The summed E-state index contributed by atoms with van der Waals surface area (Å²) >= 11 is 0. The number of nitrogens with zero attached hydrogens (tertiary/aromatic N) is 1. The van der Waals surface area contributed by atoms with E-state index in [0.717, 1.165) is 5.56 Å². The van der Waals surface area contributed by atoms with Crippen LogP contribution in [0.5, 0.6) is 0 Å². The molecule has 7 heteroatoms. The Bertz CT molecular complexity index is 631. The van der Waals surface area contributed by atoms with Crippen molar-refractivity contribution in [2.45, 2.75) is 25.5 Å². The summed E-state index contributed by atoms with van der Waals surface area (Å²) < 4.78 is 5.06. The van der Waals surface area contributed by atoms with E-state index in [1.807, 2.05) is 6.07 Å². The average Bonchev–Trinajstić information content (AvgIpc) is 2.60. The molecule has 1 aliphatic rings. The number of hydrogen-bond donors (Lipinski definition) is 2. The molecular weight excluding hydrogens is 312 g/mol. The number of likely N-dealkylation sites (tertiary alicyclic amines) is 1. The van der Waals surface area contributed by atoms with Crippen molar-refractivity contribution < 1.29 is 24.2 Å². The van der Waals surface area contributed by atoms with Crippen LogP contribution in [0, 0.1) is 5.92 Å². The van der Waals surface area contributed by atoms with Crippen LogP contribution >= 0.6 is 0 Å². The Labute approximate surface area is 140 Å². The van der Waals surface area contributed by atoms with E-state index in [9.17, 15) is 19.5 Å². The van der Waals surface area contributed by atoms with E-state index in [2.05, 4.69) is 5.32 Å². The zero-order valence-corrected chi connectivity index (χ0v) is 13.8. The minimum atomic E-state index is -1.05. The molecule has 1 aromatic rings. The number of carboxylic acids is 1. The van der Waals surface area contributed by atoms with Gasteiger partial charge < -0.3 is 20.1 Å². The van der Waals surface area contributed by atoms with E-state index >= 15 is 0 Å². The summed E-state index contributed by atoms with van der Waals surface area (Å²) in [6, 6.07) is 5.98. The van der Waals surface area contributed by atoms with Crippen LogP contribution in [-0.4, -0.2) is 54.5 Å². The Morgan fingerprint density at radius 3 is 2.71 bits per heavy atom. The van der Waals surface area contributed by atoms with Crippen LogP contribution in [0.25, 0.3) is 0 Å². The van der Waals surface area contributed by atoms with E-state index in [0.29, 0.717) is 18.6 Å². The molecule has 1 fully saturated rings. The summed E-state index contributed by atoms with van der Waals surface area (Å²) in [6.45, 7) is 0.467. The highest BCUT2D eigenvalue weighted by Crippen LogP contribution is 2.25. The van der Waals surface area contributed by atoms with E-state index in [1.165, 1.54) is 11.9 Å². The fraction of sp³-hybridized carbons (Fsp3) is 0.471. The van der Waals surface area contributed by atoms with Crippen LogP contribution in [0.3, 0.4) is 0 Å². The Hall–Kier alpha value is -2.41. The van der Waals surface area contributed by atoms with Gasteiger partial charge in [0.05, 0.1) is 12.5 Å². The number of carbonyl (C=O) groups excluding carboxylic acids is 2. The number of carboxylic acid groups (broad SMARTS) is 1. The van der Waals surface area contributed by atoms with Crippen molar-refractivity contribution in [1.82, 2.24) is 10.2 Å².